The lowest BCUT2D eigenvalue weighted by Gasteiger charge is -2.23. The summed E-state index contributed by atoms with van der Waals surface area (Å²) in [6.45, 7) is 9.95. The fraction of sp³-hybridized carbons (Fsp3) is 0.786. The summed E-state index contributed by atoms with van der Waals surface area (Å²) in [6.07, 6.45) is 6.09. The smallest absolute Gasteiger partial charge is 0.224 e. The Morgan fingerprint density at radius 3 is 2.56 bits per heavy atom. The molecule has 104 valence electrons. The molecule has 1 heterocycles. The second-order valence-electron chi connectivity index (χ2n) is 6.13. The van der Waals surface area contributed by atoms with E-state index in [0.29, 0.717) is 19.4 Å². The number of likely N-dealkylation sites (tertiary alicyclic amines) is 1. The third-order valence-electron chi connectivity index (χ3n) is 3.70. The molecular weight excluding hydrogens is 242 g/mol. The predicted octanol–water partition coefficient (Wildman–Crippen LogP) is 2.92. The first-order valence-corrected chi connectivity index (χ1v) is 10.5. The summed E-state index contributed by atoms with van der Waals surface area (Å²) in [7, 11) is -1.16. The minimum atomic E-state index is -1.16. The van der Waals surface area contributed by atoms with Crippen LogP contribution in [0.2, 0.25) is 19.6 Å². The van der Waals surface area contributed by atoms with E-state index in [9.17, 15) is 9.90 Å². The SMILES string of the molecule is CC=C(CCCCN1C(=O)CCC1O)[Si](C)(C)C. The van der Waals surface area contributed by atoms with Crippen LogP contribution in [0.15, 0.2) is 11.3 Å². The highest BCUT2D eigenvalue weighted by Gasteiger charge is 2.28. The average molecular weight is 269 g/mol. The van der Waals surface area contributed by atoms with Crippen LogP contribution in [-0.2, 0) is 4.79 Å². The van der Waals surface area contributed by atoms with E-state index in [-0.39, 0.29) is 5.91 Å². The molecule has 1 fully saturated rings. The molecule has 1 N–H and O–H groups in total. The van der Waals surface area contributed by atoms with Gasteiger partial charge in [0.25, 0.3) is 0 Å². The van der Waals surface area contributed by atoms with Crippen molar-refractivity contribution in [3.05, 3.63) is 11.3 Å². The molecule has 0 saturated carbocycles. The summed E-state index contributed by atoms with van der Waals surface area (Å²) in [5.41, 5.74) is 0. The van der Waals surface area contributed by atoms with Gasteiger partial charge in [0.2, 0.25) is 5.91 Å². The molecule has 0 radical (unpaired) electrons. The molecular formula is C14H27NO2Si. The van der Waals surface area contributed by atoms with E-state index in [2.05, 4.69) is 32.6 Å². The van der Waals surface area contributed by atoms with Gasteiger partial charge in [0, 0.05) is 19.4 Å². The van der Waals surface area contributed by atoms with E-state index in [1.807, 2.05) is 0 Å². The second kappa shape index (κ2) is 6.52. The summed E-state index contributed by atoms with van der Waals surface area (Å²) in [4.78, 5) is 13.1. The molecule has 0 aromatic rings. The number of aliphatic hydroxyl groups is 1. The van der Waals surface area contributed by atoms with Gasteiger partial charge in [0.1, 0.15) is 6.23 Å². The first-order chi connectivity index (χ1) is 8.36. The Balaban J connectivity index is 2.29. The van der Waals surface area contributed by atoms with Gasteiger partial charge < -0.3 is 10.0 Å². The van der Waals surface area contributed by atoms with Crippen molar-refractivity contribution in [2.75, 3.05) is 6.54 Å². The van der Waals surface area contributed by atoms with Gasteiger partial charge in [-0.05, 0) is 26.2 Å². The first kappa shape index (κ1) is 15.4. The number of carbonyl (C=O) groups excluding carboxylic acids is 1. The minimum Gasteiger partial charge on any atom is -0.374 e. The molecule has 1 saturated heterocycles. The Morgan fingerprint density at radius 1 is 1.44 bits per heavy atom. The lowest BCUT2D eigenvalue weighted by molar-refractivity contribution is -0.133. The predicted molar refractivity (Wildman–Crippen MR) is 77.9 cm³/mol. The van der Waals surface area contributed by atoms with Gasteiger partial charge in [-0.2, -0.15) is 0 Å². The summed E-state index contributed by atoms with van der Waals surface area (Å²) in [6, 6.07) is 0. The van der Waals surface area contributed by atoms with E-state index < -0.39 is 14.3 Å². The van der Waals surface area contributed by atoms with Crippen LogP contribution in [0, 0.1) is 0 Å². The van der Waals surface area contributed by atoms with Crippen LogP contribution >= 0.6 is 0 Å². The molecule has 0 aromatic heterocycles. The van der Waals surface area contributed by atoms with Gasteiger partial charge in [0.05, 0.1) is 8.07 Å². The third-order valence-corrected chi connectivity index (χ3v) is 6.17. The lowest BCUT2D eigenvalue weighted by Crippen LogP contribution is -2.33. The van der Waals surface area contributed by atoms with Crippen LogP contribution in [0.4, 0.5) is 0 Å². The molecule has 18 heavy (non-hydrogen) atoms. The molecule has 1 aliphatic heterocycles. The molecule has 1 unspecified atom stereocenters. The van der Waals surface area contributed by atoms with Crippen LogP contribution < -0.4 is 0 Å². The Morgan fingerprint density at radius 2 is 2.11 bits per heavy atom. The highest BCUT2D eigenvalue weighted by atomic mass is 28.3. The van der Waals surface area contributed by atoms with Crippen molar-refractivity contribution in [3.63, 3.8) is 0 Å². The molecule has 0 aromatic carbocycles. The molecule has 1 aliphatic rings. The van der Waals surface area contributed by atoms with Crippen molar-refractivity contribution in [3.8, 4) is 0 Å². The number of allylic oxidation sites excluding steroid dienone is 2. The number of rotatable bonds is 6. The molecule has 4 heteroatoms. The van der Waals surface area contributed by atoms with Crippen molar-refractivity contribution in [2.24, 2.45) is 0 Å². The molecule has 1 atom stereocenters. The molecule has 1 rings (SSSR count). The zero-order chi connectivity index (χ0) is 13.8. The summed E-state index contributed by atoms with van der Waals surface area (Å²) >= 11 is 0. The van der Waals surface area contributed by atoms with Gasteiger partial charge in [0.15, 0.2) is 0 Å². The monoisotopic (exact) mass is 269 g/mol. The number of nitrogens with zero attached hydrogens (tertiary/aromatic N) is 1. The maximum atomic E-state index is 11.5. The molecule has 0 spiro atoms. The van der Waals surface area contributed by atoms with Gasteiger partial charge >= 0.3 is 0 Å². The van der Waals surface area contributed by atoms with Gasteiger partial charge in [-0.3, -0.25) is 4.79 Å². The number of unbranched alkanes of at least 4 members (excludes halogenated alkanes) is 1. The number of carbonyl (C=O) groups is 1. The summed E-state index contributed by atoms with van der Waals surface area (Å²) in [5.74, 6) is 0.110. The highest BCUT2D eigenvalue weighted by molar-refractivity contribution is 6.83. The number of amides is 1. The molecule has 1 amide bonds. The van der Waals surface area contributed by atoms with Crippen LogP contribution in [0.1, 0.15) is 39.0 Å². The maximum Gasteiger partial charge on any atom is 0.224 e. The van der Waals surface area contributed by atoms with Crippen molar-refractivity contribution >= 4 is 14.0 Å². The van der Waals surface area contributed by atoms with Crippen LogP contribution in [0.25, 0.3) is 0 Å². The standard InChI is InChI=1S/C14H27NO2Si/c1-5-12(18(2,3)4)8-6-7-11-15-13(16)9-10-14(15)17/h5,13,16H,6-11H2,1-4H3. The summed E-state index contributed by atoms with van der Waals surface area (Å²) < 4.78 is 0. The Labute approximate surface area is 112 Å². The third kappa shape index (κ3) is 4.25. The number of hydrogen-bond donors (Lipinski definition) is 1. The van der Waals surface area contributed by atoms with Crippen molar-refractivity contribution in [1.29, 1.82) is 0 Å². The molecule has 0 aliphatic carbocycles. The van der Waals surface area contributed by atoms with E-state index in [1.165, 1.54) is 0 Å². The van der Waals surface area contributed by atoms with E-state index in [4.69, 9.17) is 0 Å². The van der Waals surface area contributed by atoms with E-state index >= 15 is 0 Å². The summed E-state index contributed by atoms with van der Waals surface area (Å²) in [5, 5.41) is 11.3. The van der Waals surface area contributed by atoms with Crippen molar-refractivity contribution < 1.29 is 9.90 Å². The normalized spacial score (nSPS) is 21.8. The maximum absolute atomic E-state index is 11.5. The van der Waals surface area contributed by atoms with Crippen LogP contribution in [0.3, 0.4) is 0 Å². The average Bonchev–Trinajstić information content (AvgIpc) is 2.58. The quantitative estimate of drug-likeness (QED) is 0.595. The highest BCUT2D eigenvalue weighted by Crippen LogP contribution is 2.21. The van der Waals surface area contributed by atoms with Crippen LogP contribution in [-0.4, -0.2) is 36.8 Å². The number of aliphatic hydroxyl groups excluding tert-OH is 1. The zero-order valence-electron chi connectivity index (χ0n) is 12.2. The van der Waals surface area contributed by atoms with E-state index in [0.717, 1.165) is 19.3 Å². The van der Waals surface area contributed by atoms with Crippen molar-refractivity contribution in [1.82, 2.24) is 4.90 Å². The van der Waals surface area contributed by atoms with Crippen LogP contribution in [0.5, 0.6) is 0 Å². The molecule has 0 bridgehead atoms. The second-order valence-corrected chi connectivity index (χ2v) is 11.3. The number of hydrogen-bond acceptors (Lipinski definition) is 2. The largest absolute Gasteiger partial charge is 0.374 e. The van der Waals surface area contributed by atoms with E-state index in [1.54, 1.807) is 10.1 Å². The first-order valence-electron chi connectivity index (χ1n) is 6.99. The van der Waals surface area contributed by atoms with Crippen molar-refractivity contribution in [2.45, 2.75) is 64.9 Å². The Hall–Kier alpha value is -0.613. The Kier molecular flexibility index (Phi) is 5.60. The topological polar surface area (TPSA) is 40.5 Å². The minimum absolute atomic E-state index is 0.110. The fourth-order valence-electron chi connectivity index (χ4n) is 2.54. The zero-order valence-corrected chi connectivity index (χ0v) is 13.2. The van der Waals surface area contributed by atoms with Gasteiger partial charge in [-0.1, -0.05) is 30.9 Å². The molecule has 3 nitrogen and oxygen atoms in total. The fourth-order valence-corrected chi connectivity index (χ4v) is 4.33. The van der Waals surface area contributed by atoms with Gasteiger partial charge in [-0.25, -0.2) is 0 Å². The lowest BCUT2D eigenvalue weighted by atomic mass is 10.2. The van der Waals surface area contributed by atoms with Gasteiger partial charge in [-0.15, -0.1) is 0 Å². The Bertz CT molecular complexity index is 320.